The van der Waals surface area contributed by atoms with Crippen molar-refractivity contribution < 1.29 is 18.6 Å². The number of benzene rings is 1. The minimum absolute atomic E-state index is 0.190. The molecule has 0 aromatic heterocycles. The Morgan fingerprint density at radius 1 is 1.19 bits per heavy atom. The summed E-state index contributed by atoms with van der Waals surface area (Å²) in [6.07, 6.45) is -0.900. The quantitative estimate of drug-likeness (QED) is 0.861. The number of hydrogen-bond donors (Lipinski definition) is 1. The molecule has 0 fully saturated rings. The van der Waals surface area contributed by atoms with Crippen molar-refractivity contribution in [1.82, 2.24) is 0 Å². The maximum Gasteiger partial charge on any atom is 0.190 e. The van der Waals surface area contributed by atoms with Gasteiger partial charge in [-0.05, 0) is 30.5 Å². The van der Waals surface area contributed by atoms with E-state index in [2.05, 4.69) is 0 Å². The van der Waals surface area contributed by atoms with Gasteiger partial charge in [-0.15, -0.1) is 0 Å². The molecule has 0 bridgehead atoms. The Morgan fingerprint density at radius 3 is 2.06 bits per heavy atom. The first-order valence-corrected chi connectivity index (χ1v) is 5.21. The highest BCUT2D eigenvalue weighted by atomic mass is 19.1. The number of aliphatic hydroxyl groups is 1. The van der Waals surface area contributed by atoms with Crippen molar-refractivity contribution >= 4 is 0 Å². The number of ether oxygens (including phenoxy) is 1. The van der Waals surface area contributed by atoms with Crippen LogP contribution in [0, 0.1) is 17.6 Å². The van der Waals surface area contributed by atoms with Gasteiger partial charge in [0.25, 0.3) is 0 Å². The van der Waals surface area contributed by atoms with E-state index in [9.17, 15) is 13.9 Å². The lowest BCUT2D eigenvalue weighted by Crippen LogP contribution is -2.08. The molecular formula is C12H16F2O2. The molecule has 1 rings (SSSR count). The molecule has 0 radical (unpaired) electrons. The fourth-order valence-corrected chi connectivity index (χ4v) is 1.21. The van der Waals surface area contributed by atoms with Gasteiger partial charge in [-0.2, -0.15) is 0 Å². The molecule has 16 heavy (non-hydrogen) atoms. The summed E-state index contributed by atoms with van der Waals surface area (Å²) in [5.41, 5.74) is 0.201. The lowest BCUT2D eigenvalue weighted by molar-refractivity contribution is 0.197. The van der Waals surface area contributed by atoms with E-state index in [-0.39, 0.29) is 23.8 Å². The Hall–Kier alpha value is -1.16. The van der Waals surface area contributed by atoms with E-state index in [1.807, 2.05) is 13.8 Å². The second-order valence-electron chi connectivity index (χ2n) is 4.19. The minimum atomic E-state index is -0.900. The van der Waals surface area contributed by atoms with Crippen molar-refractivity contribution in [2.24, 2.45) is 5.92 Å². The van der Waals surface area contributed by atoms with Gasteiger partial charge in [0, 0.05) is 0 Å². The summed E-state index contributed by atoms with van der Waals surface area (Å²) in [5.74, 6) is -1.75. The lowest BCUT2D eigenvalue weighted by Gasteiger charge is -2.12. The molecule has 4 heteroatoms. The van der Waals surface area contributed by atoms with E-state index in [0.717, 1.165) is 12.1 Å². The van der Waals surface area contributed by atoms with E-state index in [0.29, 0.717) is 0 Å². The predicted molar refractivity (Wildman–Crippen MR) is 57.3 cm³/mol. The van der Waals surface area contributed by atoms with Gasteiger partial charge >= 0.3 is 0 Å². The van der Waals surface area contributed by atoms with E-state index in [4.69, 9.17) is 4.74 Å². The van der Waals surface area contributed by atoms with Crippen LogP contribution in [0.15, 0.2) is 12.1 Å². The first kappa shape index (κ1) is 12.9. The Balaban J connectivity index is 2.94. The van der Waals surface area contributed by atoms with Crippen LogP contribution in [0.2, 0.25) is 0 Å². The number of rotatable bonds is 4. The van der Waals surface area contributed by atoms with Gasteiger partial charge in [0.2, 0.25) is 0 Å². The van der Waals surface area contributed by atoms with Crippen LogP contribution in [-0.4, -0.2) is 11.7 Å². The fourth-order valence-electron chi connectivity index (χ4n) is 1.21. The van der Waals surface area contributed by atoms with Crippen molar-refractivity contribution in [1.29, 1.82) is 0 Å². The van der Waals surface area contributed by atoms with Crippen LogP contribution >= 0.6 is 0 Å². The third kappa shape index (κ3) is 3.17. The monoisotopic (exact) mass is 230 g/mol. The normalized spacial score (nSPS) is 12.9. The molecule has 0 spiro atoms. The van der Waals surface area contributed by atoms with E-state index >= 15 is 0 Å². The highest BCUT2D eigenvalue weighted by Gasteiger charge is 2.15. The molecule has 0 heterocycles. The van der Waals surface area contributed by atoms with Crippen molar-refractivity contribution in [2.75, 3.05) is 6.61 Å². The molecule has 0 amide bonds. The highest BCUT2D eigenvalue weighted by molar-refractivity contribution is 5.32. The number of aliphatic hydroxyl groups excluding tert-OH is 1. The van der Waals surface area contributed by atoms with Gasteiger partial charge in [-0.25, -0.2) is 8.78 Å². The topological polar surface area (TPSA) is 29.5 Å². The maximum absolute atomic E-state index is 13.4. The van der Waals surface area contributed by atoms with E-state index in [1.165, 1.54) is 6.92 Å². The van der Waals surface area contributed by atoms with E-state index in [1.54, 1.807) is 0 Å². The fraction of sp³-hybridized carbons (Fsp3) is 0.500. The molecule has 0 unspecified atom stereocenters. The zero-order valence-corrected chi connectivity index (χ0v) is 9.63. The van der Waals surface area contributed by atoms with Crippen molar-refractivity contribution in [3.05, 3.63) is 29.3 Å². The van der Waals surface area contributed by atoms with Gasteiger partial charge < -0.3 is 9.84 Å². The summed E-state index contributed by atoms with van der Waals surface area (Å²) < 4.78 is 31.9. The van der Waals surface area contributed by atoms with Crippen molar-refractivity contribution in [3.8, 4) is 5.75 Å². The molecule has 90 valence electrons. The molecule has 0 aliphatic rings. The van der Waals surface area contributed by atoms with Crippen LogP contribution in [-0.2, 0) is 0 Å². The third-order valence-electron chi connectivity index (χ3n) is 2.06. The molecule has 1 N–H and O–H groups in total. The molecular weight excluding hydrogens is 214 g/mol. The average molecular weight is 230 g/mol. The van der Waals surface area contributed by atoms with Crippen molar-refractivity contribution in [3.63, 3.8) is 0 Å². The van der Waals surface area contributed by atoms with Crippen LogP contribution in [0.25, 0.3) is 0 Å². The summed E-state index contributed by atoms with van der Waals surface area (Å²) in [5, 5.41) is 9.21. The minimum Gasteiger partial charge on any atom is -0.487 e. The first-order chi connectivity index (χ1) is 7.41. The second kappa shape index (κ2) is 5.25. The highest BCUT2D eigenvalue weighted by Crippen LogP contribution is 2.26. The maximum atomic E-state index is 13.4. The Morgan fingerprint density at radius 2 is 1.69 bits per heavy atom. The summed E-state index contributed by atoms with van der Waals surface area (Å²) in [6.45, 7) is 5.48. The van der Waals surface area contributed by atoms with Crippen LogP contribution in [0.3, 0.4) is 0 Å². The van der Waals surface area contributed by atoms with Crippen molar-refractivity contribution in [2.45, 2.75) is 26.9 Å². The summed E-state index contributed by atoms with van der Waals surface area (Å²) >= 11 is 0. The van der Waals surface area contributed by atoms with Crippen LogP contribution in [0.5, 0.6) is 5.75 Å². The number of hydrogen-bond acceptors (Lipinski definition) is 2. The molecule has 1 aromatic rings. The molecule has 1 aromatic carbocycles. The van der Waals surface area contributed by atoms with Crippen LogP contribution in [0.1, 0.15) is 32.4 Å². The summed E-state index contributed by atoms with van der Waals surface area (Å²) in [7, 11) is 0. The molecule has 0 saturated heterocycles. The van der Waals surface area contributed by atoms with Gasteiger partial charge in [-0.3, -0.25) is 0 Å². The Bertz CT molecular complexity index is 339. The van der Waals surface area contributed by atoms with Gasteiger partial charge in [0.15, 0.2) is 17.4 Å². The zero-order chi connectivity index (χ0) is 12.3. The summed E-state index contributed by atoms with van der Waals surface area (Å²) in [4.78, 5) is 0. The number of halogens is 2. The smallest absolute Gasteiger partial charge is 0.190 e. The van der Waals surface area contributed by atoms with Gasteiger partial charge in [0.1, 0.15) is 0 Å². The largest absolute Gasteiger partial charge is 0.487 e. The Kier molecular flexibility index (Phi) is 4.24. The predicted octanol–water partition coefficient (Wildman–Crippen LogP) is 3.05. The van der Waals surface area contributed by atoms with E-state index < -0.39 is 17.7 Å². The first-order valence-electron chi connectivity index (χ1n) is 5.21. The third-order valence-corrected chi connectivity index (χ3v) is 2.06. The van der Waals surface area contributed by atoms with Crippen LogP contribution in [0.4, 0.5) is 8.78 Å². The SMILES string of the molecule is CC(C)COc1c(F)cc([C@@H](C)O)cc1F. The molecule has 2 nitrogen and oxygen atoms in total. The molecule has 0 aliphatic heterocycles. The lowest BCUT2D eigenvalue weighted by atomic mass is 10.1. The zero-order valence-electron chi connectivity index (χ0n) is 9.63. The average Bonchev–Trinajstić information content (AvgIpc) is 2.15. The second-order valence-corrected chi connectivity index (χ2v) is 4.19. The Labute approximate surface area is 93.9 Å². The molecule has 1 atom stereocenters. The standard InChI is InChI=1S/C12H16F2O2/c1-7(2)6-16-12-10(13)4-9(8(3)15)5-11(12)14/h4-5,7-8,15H,6H2,1-3H3/t8-/m1/s1. The molecule has 0 aliphatic carbocycles. The molecule has 0 saturated carbocycles. The summed E-state index contributed by atoms with van der Waals surface area (Å²) in [6, 6.07) is 2.17. The van der Waals surface area contributed by atoms with Gasteiger partial charge in [0.05, 0.1) is 12.7 Å². The van der Waals surface area contributed by atoms with Crippen LogP contribution < -0.4 is 4.74 Å². The van der Waals surface area contributed by atoms with Gasteiger partial charge in [-0.1, -0.05) is 13.8 Å².